The standard InChI is InChI=1S/C28H26N4O3/c29-18-23(19-30-24-11-12-25-26(17-24)35-20-34-25)28(33)32-15-13-31(14-16-32)27(21-7-3-1-4-8-21)22-9-5-2-6-10-22/h1-12,17,19,27,30H,13-16,20H2/b23-19-. The Morgan fingerprint density at radius 3 is 2.14 bits per heavy atom. The smallest absolute Gasteiger partial charge is 0.266 e. The van der Waals surface area contributed by atoms with Crippen molar-refractivity contribution in [3.05, 3.63) is 102 Å². The van der Waals surface area contributed by atoms with E-state index in [1.807, 2.05) is 24.3 Å². The molecule has 0 aliphatic carbocycles. The maximum atomic E-state index is 13.1. The maximum absolute atomic E-state index is 13.1. The zero-order valence-electron chi connectivity index (χ0n) is 19.3. The van der Waals surface area contributed by atoms with Crippen molar-refractivity contribution in [1.29, 1.82) is 5.26 Å². The van der Waals surface area contributed by atoms with Crippen molar-refractivity contribution in [1.82, 2.24) is 9.80 Å². The molecule has 7 heteroatoms. The largest absolute Gasteiger partial charge is 0.454 e. The fourth-order valence-corrected chi connectivity index (χ4v) is 4.52. The minimum atomic E-state index is -0.267. The zero-order valence-corrected chi connectivity index (χ0v) is 19.3. The zero-order chi connectivity index (χ0) is 24.0. The molecule has 0 saturated carbocycles. The van der Waals surface area contributed by atoms with E-state index < -0.39 is 0 Å². The van der Waals surface area contributed by atoms with Crippen LogP contribution in [-0.4, -0.2) is 48.7 Å². The van der Waals surface area contributed by atoms with Gasteiger partial charge in [-0.25, -0.2) is 0 Å². The first-order chi connectivity index (χ1) is 17.2. The summed E-state index contributed by atoms with van der Waals surface area (Å²) < 4.78 is 10.7. The van der Waals surface area contributed by atoms with Crippen molar-refractivity contribution in [2.75, 3.05) is 38.3 Å². The van der Waals surface area contributed by atoms with Gasteiger partial charge >= 0.3 is 0 Å². The summed E-state index contributed by atoms with van der Waals surface area (Å²) >= 11 is 0. The molecule has 0 radical (unpaired) electrons. The molecule has 35 heavy (non-hydrogen) atoms. The van der Waals surface area contributed by atoms with Crippen LogP contribution in [-0.2, 0) is 4.79 Å². The number of anilines is 1. The third kappa shape index (κ3) is 4.98. The molecule has 0 bridgehead atoms. The van der Waals surface area contributed by atoms with Gasteiger partial charge in [0.1, 0.15) is 11.6 Å². The highest BCUT2D eigenvalue weighted by Gasteiger charge is 2.29. The Labute approximate surface area is 204 Å². The van der Waals surface area contributed by atoms with Gasteiger partial charge < -0.3 is 19.7 Å². The van der Waals surface area contributed by atoms with E-state index >= 15 is 0 Å². The summed E-state index contributed by atoms with van der Waals surface area (Å²) in [7, 11) is 0. The average molecular weight is 467 g/mol. The van der Waals surface area contributed by atoms with E-state index in [-0.39, 0.29) is 24.3 Å². The van der Waals surface area contributed by atoms with Crippen LogP contribution in [0.25, 0.3) is 0 Å². The first kappa shape index (κ1) is 22.5. The van der Waals surface area contributed by atoms with Crippen LogP contribution >= 0.6 is 0 Å². The second kappa shape index (κ2) is 10.3. The van der Waals surface area contributed by atoms with Crippen LogP contribution in [0.15, 0.2) is 90.6 Å². The number of carbonyl (C=O) groups is 1. The molecule has 1 N–H and O–H groups in total. The number of nitrogens with zero attached hydrogens (tertiary/aromatic N) is 3. The Kier molecular flexibility index (Phi) is 6.64. The van der Waals surface area contributed by atoms with Crippen LogP contribution in [0, 0.1) is 11.3 Å². The number of ether oxygens (including phenoxy) is 2. The van der Waals surface area contributed by atoms with E-state index in [2.05, 4.69) is 58.7 Å². The first-order valence-electron chi connectivity index (χ1n) is 11.6. The second-order valence-corrected chi connectivity index (χ2v) is 8.43. The summed E-state index contributed by atoms with van der Waals surface area (Å²) in [5.41, 5.74) is 3.24. The number of benzene rings is 3. The normalized spacial score (nSPS) is 15.7. The van der Waals surface area contributed by atoms with Crippen LogP contribution < -0.4 is 14.8 Å². The first-order valence-corrected chi connectivity index (χ1v) is 11.6. The van der Waals surface area contributed by atoms with Crippen molar-refractivity contribution >= 4 is 11.6 Å². The van der Waals surface area contributed by atoms with Gasteiger partial charge in [0.05, 0.1) is 6.04 Å². The van der Waals surface area contributed by atoms with E-state index in [1.165, 1.54) is 17.3 Å². The molecule has 0 spiro atoms. The van der Waals surface area contributed by atoms with Crippen LogP contribution in [0.4, 0.5) is 5.69 Å². The fourth-order valence-electron chi connectivity index (χ4n) is 4.52. The number of fused-ring (bicyclic) bond motifs is 1. The molecule has 176 valence electrons. The molecule has 5 rings (SSSR count). The van der Waals surface area contributed by atoms with Crippen LogP contribution in [0.2, 0.25) is 0 Å². The Balaban J connectivity index is 1.26. The van der Waals surface area contributed by atoms with Crippen LogP contribution in [0.3, 0.4) is 0 Å². The molecule has 7 nitrogen and oxygen atoms in total. The number of hydrogen-bond donors (Lipinski definition) is 1. The van der Waals surface area contributed by atoms with Gasteiger partial charge in [0.2, 0.25) is 6.79 Å². The lowest BCUT2D eigenvalue weighted by molar-refractivity contribution is -0.128. The third-order valence-corrected chi connectivity index (χ3v) is 6.30. The Hall–Kier alpha value is -4.28. The predicted molar refractivity (Wildman–Crippen MR) is 133 cm³/mol. The Bertz CT molecular complexity index is 1210. The lowest BCUT2D eigenvalue weighted by atomic mass is 9.96. The number of amides is 1. The van der Waals surface area contributed by atoms with E-state index in [0.717, 1.165) is 0 Å². The topological polar surface area (TPSA) is 77.8 Å². The Morgan fingerprint density at radius 1 is 0.886 bits per heavy atom. The number of nitrogens with one attached hydrogen (secondary N) is 1. The van der Waals surface area contributed by atoms with E-state index in [4.69, 9.17) is 9.47 Å². The number of carbonyl (C=O) groups excluding carboxylic acids is 1. The average Bonchev–Trinajstić information content (AvgIpc) is 3.39. The summed E-state index contributed by atoms with van der Waals surface area (Å²) in [4.78, 5) is 17.2. The summed E-state index contributed by atoms with van der Waals surface area (Å²) in [6.45, 7) is 2.73. The molecule has 2 aliphatic rings. The van der Waals surface area contributed by atoms with Gasteiger partial charge in [-0.15, -0.1) is 0 Å². The molecule has 1 amide bonds. The molecular formula is C28H26N4O3. The number of hydrogen-bond acceptors (Lipinski definition) is 6. The number of nitriles is 1. The Morgan fingerprint density at radius 2 is 1.51 bits per heavy atom. The van der Waals surface area contributed by atoms with Gasteiger partial charge in [0.15, 0.2) is 11.5 Å². The quantitative estimate of drug-likeness (QED) is 0.434. The van der Waals surface area contributed by atoms with E-state index in [0.29, 0.717) is 43.4 Å². The fraction of sp³-hybridized carbons (Fsp3) is 0.214. The van der Waals surface area contributed by atoms with Crippen molar-refractivity contribution in [2.45, 2.75) is 6.04 Å². The number of piperazine rings is 1. The lowest BCUT2D eigenvalue weighted by Crippen LogP contribution is -2.50. The van der Waals surface area contributed by atoms with Crippen LogP contribution in [0.1, 0.15) is 17.2 Å². The monoisotopic (exact) mass is 466 g/mol. The minimum Gasteiger partial charge on any atom is -0.454 e. The van der Waals surface area contributed by atoms with Crippen molar-refractivity contribution in [3.63, 3.8) is 0 Å². The van der Waals surface area contributed by atoms with Crippen molar-refractivity contribution in [3.8, 4) is 17.6 Å². The highest BCUT2D eigenvalue weighted by Crippen LogP contribution is 2.34. The molecular weight excluding hydrogens is 440 g/mol. The van der Waals surface area contributed by atoms with Gasteiger partial charge in [0.25, 0.3) is 5.91 Å². The maximum Gasteiger partial charge on any atom is 0.266 e. The molecule has 0 unspecified atom stereocenters. The molecule has 0 atom stereocenters. The highest BCUT2D eigenvalue weighted by atomic mass is 16.7. The molecule has 3 aromatic rings. The van der Waals surface area contributed by atoms with Gasteiger partial charge in [-0.2, -0.15) is 5.26 Å². The van der Waals surface area contributed by atoms with Gasteiger partial charge in [-0.05, 0) is 23.3 Å². The van der Waals surface area contributed by atoms with E-state index in [9.17, 15) is 10.1 Å². The van der Waals surface area contributed by atoms with Crippen molar-refractivity contribution < 1.29 is 14.3 Å². The molecule has 1 fully saturated rings. The molecule has 2 aliphatic heterocycles. The molecule has 1 saturated heterocycles. The molecule has 3 aromatic carbocycles. The molecule has 0 aromatic heterocycles. The minimum absolute atomic E-state index is 0.0683. The second-order valence-electron chi connectivity index (χ2n) is 8.43. The highest BCUT2D eigenvalue weighted by molar-refractivity contribution is 5.97. The molecule has 2 heterocycles. The number of rotatable bonds is 6. The lowest BCUT2D eigenvalue weighted by Gasteiger charge is -2.39. The third-order valence-electron chi connectivity index (χ3n) is 6.30. The van der Waals surface area contributed by atoms with Gasteiger partial charge in [-0.3, -0.25) is 9.69 Å². The van der Waals surface area contributed by atoms with Crippen molar-refractivity contribution in [2.24, 2.45) is 0 Å². The SMILES string of the molecule is N#C/C(=C/Nc1ccc2c(c1)OCO2)C(=O)N1CCN(C(c2ccccc2)c2ccccc2)CC1. The van der Waals surface area contributed by atoms with Gasteiger partial charge in [0, 0.05) is 44.1 Å². The van der Waals surface area contributed by atoms with E-state index in [1.54, 1.807) is 17.0 Å². The summed E-state index contributed by atoms with van der Waals surface area (Å²) in [5.74, 6) is 1.05. The predicted octanol–water partition coefficient (Wildman–Crippen LogP) is 4.17. The summed E-state index contributed by atoms with van der Waals surface area (Å²) in [5, 5.41) is 12.7. The summed E-state index contributed by atoms with van der Waals surface area (Å²) in [6.07, 6.45) is 1.46. The van der Waals surface area contributed by atoms with Gasteiger partial charge in [-0.1, -0.05) is 60.7 Å². The van der Waals surface area contributed by atoms with Crippen LogP contribution in [0.5, 0.6) is 11.5 Å². The summed E-state index contributed by atoms with van der Waals surface area (Å²) in [6, 6.07) is 28.4.